The number of hydrogen-bond acceptors (Lipinski definition) is 7. The van der Waals surface area contributed by atoms with E-state index in [0.29, 0.717) is 5.69 Å². The third-order valence-corrected chi connectivity index (χ3v) is 2.49. The molecule has 1 aliphatic rings. The van der Waals surface area contributed by atoms with Crippen LogP contribution in [-0.4, -0.2) is 39.9 Å². The van der Waals surface area contributed by atoms with Gasteiger partial charge < -0.3 is 9.84 Å². The average Bonchev–Trinajstić information content (AvgIpc) is 2.85. The van der Waals surface area contributed by atoms with E-state index in [9.17, 15) is 9.90 Å². The van der Waals surface area contributed by atoms with Gasteiger partial charge in [-0.15, -0.1) is 0 Å². The highest BCUT2D eigenvalue weighted by atomic mass is 16.5. The summed E-state index contributed by atoms with van der Waals surface area (Å²) in [5.41, 5.74) is 8.65. The summed E-state index contributed by atoms with van der Waals surface area (Å²) in [5, 5.41) is 22.4. The van der Waals surface area contributed by atoms with Crippen LogP contribution in [0.15, 0.2) is 34.4 Å². The van der Waals surface area contributed by atoms with E-state index in [2.05, 4.69) is 25.0 Å². The molecule has 2 rings (SSSR count). The molecule has 1 aliphatic heterocycles. The second-order valence-corrected chi connectivity index (χ2v) is 3.81. The van der Waals surface area contributed by atoms with Gasteiger partial charge in [0.25, 0.3) is 0 Å². The molecular weight excluding hydrogens is 266 g/mol. The number of methoxy groups -OCH3 is 1. The standard InChI is InChI=1S/C10H11N7O3/c1-16-5-6(4-12-16)17-8(18)3-7(13-15-11)9(14-17)10(19)20-2/h3-5,8,18H,1-2H3. The van der Waals surface area contributed by atoms with E-state index in [4.69, 9.17) is 5.53 Å². The molecule has 0 bridgehead atoms. The van der Waals surface area contributed by atoms with Crippen LogP contribution in [0.4, 0.5) is 5.69 Å². The highest BCUT2D eigenvalue weighted by Gasteiger charge is 2.28. The first-order chi connectivity index (χ1) is 9.56. The second kappa shape index (κ2) is 5.43. The topological polar surface area (TPSA) is 129 Å². The van der Waals surface area contributed by atoms with Gasteiger partial charge in [-0.2, -0.15) is 10.2 Å². The van der Waals surface area contributed by atoms with E-state index in [1.807, 2.05) is 0 Å². The van der Waals surface area contributed by atoms with E-state index in [0.717, 1.165) is 5.01 Å². The minimum Gasteiger partial charge on any atom is -0.464 e. The van der Waals surface area contributed by atoms with Crippen molar-refractivity contribution in [2.75, 3.05) is 12.1 Å². The molecule has 1 aromatic rings. The Morgan fingerprint density at radius 3 is 2.95 bits per heavy atom. The number of carbonyl (C=O) groups excluding carboxylic acids is 1. The molecule has 1 unspecified atom stereocenters. The monoisotopic (exact) mass is 277 g/mol. The molecule has 0 aromatic carbocycles. The lowest BCUT2D eigenvalue weighted by Crippen LogP contribution is -2.36. The summed E-state index contributed by atoms with van der Waals surface area (Å²) in [6.45, 7) is 0. The van der Waals surface area contributed by atoms with Gasteiger partial charge in [-0.1, -0.05) is 5.11 Å². The van der Waals surface area contributed by atoms with Gasteiger partial charge in [0, 0.05) is 18.2 Å². The van der Waals surface area contributed by atoms with Crippen molar-refractivity contribution in [2.45, 2.75) is 6.23 Å². The minimum absolute atomic E-state index is 0.0907. The molecule has 10 nitrogen and oxygen atoms in total. The van der Waals surface area contributed by atoms with Crippen LogP contribution < -0.4 is 5.01 Å². The van der Waals surface area contributed by atoms with E-state index in [1.54, 1.807) is 13.2 Å². The maximum atomic E-state index is 11.6. The Morgan fingerprint density at radius 1 is 1.65 bits per heavy atom. The number of hydrogen-bond donors (Lipinski definition) is 1. The Bertz CT molecular complexity index is 641. The fraction of sp³-hybridized carbons (Fsp3) is 0.300. The zero-order chi connectivity index (χ0) is 14.7. The van der Waals surface area contributed by atoms with Crippen LogP contribution in [0.25, 0.3) is 10.4 Å². The van der Waals surface area contributed by atoms with Gasteiger partial charge in [0.1, 0.15) is 5.69 Å². The fourth-order valence-corrected chi connectivity index (χ4v) is 1.62. The first kappa shape index (κ1) is 13.6. The van der Waals surface area contributed by atoms with E-state index in [1.165, 1.54) is 24.1 Å². The number of rotatable bonds is 3. The quantitative estimate of drug-likeness (QED) is 0.367. The van der Waals surface area contributed by atoms with Gasteiger partial charge in [-0.25, -0.2) is 9.80 Å². The molecule has 0 saturated carbocycles. The molecule has 0 fully saturated rings. The lowest BCUT2D eigenvalue weighted by molar-refractivity contribution is -0.132. The number of aliphatic hydroxyl groups excluding tert-OH is 1. The van der Waals surface area contributed by atoms with E-state index in [-0.39, 0.29) is 11.4 Å². The summed E-state index contributed by atoms with van der Waals surface area (Å²) in [7, 11) is 2.88. The van der Waals surface area contributed by atoms with Gasteiger partial charge in [0.2, 0.25) is 0 Å². The number of esters is 1. The van der Waals surface area contributed by atoms with Crippen LogP contribution in [0.3, 0.4) is 0 Å². The molecule has 0 amide bonds. The summed E-state index contributed by atoms with van der Waals surface area (Å²) in [6.07, 6.45) is 3.08. The normalized spacial score (nSPS) is 17.9. The fourth-order valence-electron chi connectivity index (χ4n) is 1.62. The number of hydrazone groups is 1. The summed E-state index contributed by atoms with van der Waals surface area (Å²) < 4.78 is 6.08. The smallest absolute Gasteiger partial charge is 0.358 e. The molecule has 0 aliphatic carbocycles. The molecule has 20 heavy (non-hydrogen) atoms. The molecule has 1 atom stereocenters. The van der Waals surface area contributed by atoms with E-state index >= 15 is 0 Å². The number of aliphatic hydroxyl groups is 1. The van der Waals surface area contributed by atoms with Gasteiger partial charge >= 0.3 is 5.97 Å². The predicted molar refractivity (Wildman–Crippen MR) is 68.4 cm³/mol. The first-order valence-corrected chi connectivity index (χ1v) is 5.47. The van der Waals surface area contributed by atoms with Crippen LogP contribution in [0.1, 0.15) is 0 Å². The lowest BCUT2D eigenvalue weighted by atomic mass is 10.2. The predicted octanol–water partition coefficient (Wildman–Crippen LogP) is 0.282. The van der Waals surface area contributed by atoms with Crippen molar-refractivity contribution in [2.24, 2.45) is 17.3 Å². The average molecular weight is 277 g/mol. The van der Waals surface area contributed by atoms with Gasteiger partial charge in [-0.05, 0) is 11.6 Å². The van der Waals surface area contributed by atoms with E-state index < -0.39 is 12.2 Å². The molecule has 2 heterocycles. The maximum Gasteiger partial charge on any atom is 0.358 e. The number of azide groups is 1. The van der Waals surface area contributed by atoms with Gasteiger partial charge in [0.15, 0.2) is 11.9 Å². The van der Waals surface area contributed by atoms with Gasteiger partial charge in [0.05, 0.1) is 19.0 Å². The van der Waals surface area contributed by atoms with Crippen LogP contribution in [0, 0.1) is 0 Å². The molecule has 1 N–H and O–H groups in total. The molecule has 0 spiro atoms. The second-order valence-electron chi connectivity index (χ2n) is 3.81. The zero-order valence-electron chi connectivity index (χ0n) is 10.7. The highest BCUT2D eigenvalue weighted by molar-refractivity contribution is 6.43. The number of carbonyl (C=O) groups is 1. The molecule has 0 saturated heterocycles. The SMILES string of the molecule is COC(=O)C1=NN(c2cnn(C)c2)C(O)C=C1N=[N+]=[N-]. The summed E-state index contributed by atoms with van der Waals surface area (Å²) in [6, 6.07) is 0. The number of ether oxygens (including phenoxy) is 1. The number of nitrogens with zero attached hydrogens (tertiary/aromatic N) is 7. The Hall–Kier alpha value is -2.84. The van der Waals surface area contributed by atoms with Crippen LogP contribution in [0.2, 0.25) is 0 Å². The Morgan fingerprint density at radius 2 is 2.40 bits per heavy atom. The maximum absolute atomic E-state index is 11.6. The van der Waals surface area contributed by atoms with Crippen molar-refractivity contribution in [3.05, 3.63) is 34.6 Å². The number of aryl methyl sites for hydroxylation is 1. The summed E-state index contributed by atoms with van der Waals surface area (Å²) in [5.74, 6) is -0.774. The van der Waals surface area contributed by atoms with Crippen LogP contribution in [-0.2, 0) is 16.6 Å². The van der Waals surface area contributed by atoms with Crippen LogP contribution in [0.5, 0.6) is 0 Å². The minimum atomic E-state index is -1.19. The van der Waals surface area contributed by atoms with Crippen molar-refractivity contribution in [3.8, 4) is 0 Å². The molecule has 0 radical (unpaired) electrons. The largest absolute Gasteiger partial charge is 0.464 e. The number of anilines is 1. The first-order valence-electron chi connectivity index (χ1n) is 5.47. The lowest BCUT2D eigenvalue weighted by Gasteiger charge is -2.26. The summed E-state index contributed by atoms with van der Waals surface area (Å²) in [4.78, 5) is 14.2. The van der Waals surface area contributed by atoms with Crippen molar-refractivity contribution >= 4 is 17.4 Å². The Labute approximate surface area is 113 Å². The Kier molecular flexibility index (Phi) is 3.69. The molecule has 1 aromatic heterocycles. The summed E-state index contributed by atoms with van der Waals surface area (Å²) >= 11 is 0. The van der Waals surface area contributed by atoms with Crippen molar-refractivity contribution in [1.29, 1.82) is 0 Å². The third-order valence-electron chi connectivity index (χ3n) is 2.49. The molecular formula is C10H11N7O3. The van der Waals surface area contributed by atoms with Crippen molar-refractivity contribution in [3.63, 3.8) is 0 Å². The number of aromatic nitrogens is 2. The third kappa shape index (κ3) is 2.46. The Balaban J connectivity index is 2.44. The van der Waals surface area contributed by atoms with Gasteiger partial charge in [-0.3, -0.25) is 4.68 Å². The molecule has 104 valence electrons. The van der Waals surface area contributed by atoms with Crippen LogP contribution >= 0.6 is 0 Å². The van der Waals surface area contributed by atoms with Crippen molar-refractivity contribution < 1.29 is 14.6 Å². The molecule has 10 heteroatoms. The van der Waals surface area contributed by atoms with Crippen molar-refractivity contribution in [1.82, 2.24) is 9.78 Å². The zero-order valence-corrected chi connectivity index (χ0v) is 10.7. The highest BCUT2D eigenvalue weighted by Crippen LogP contribution is 2.22.